The largest absolute Gasteiger partial charge is 0.462 e. The van der Waals surface area contributed by atoms with Crippen molar-refractivity contribution >= 4 is 28.5 Å². The minimum Gasteiger partial charge on any atom is -0.462 e. The van der Waals surface area contributed by atoms with Gasteiger partial charge in [0.25, 0.3) is 0 Å². The topological polar surface area (TPSA) is 61.2 Å². The number of hydrogen-bond acceptors (Lipinski definition) is 4. The van der Waals surface area contributed by atoms with Crippen molar-refractivity contribution in [1.82, 2.24) is 9.55 Å². The Bertz CT molecular complexity index is 1210. The molecule has 0 saturated carbocycles. The second kappa shape index (κ2) is 7.82. The summed E-state index contributed by atoms with van der Waals surface area (Å²) in [5.74, 6) is -6.60. The fourth-order valence-corrected chi connectivity index (χ4v) is 3.11. The number of aromatic nitrogens is 2. The zero-order chi connectivity index (χ0) is 21.5. The Morgan fingerprint density at radius 3 is 2.45 bits per heavy atom. The van der Waals surface area contributed by atoms with Crippen LogP contribution in [-0.2, 0) is 11.2 Å². The van der Waals surface area contributed by atoms with Crippen molar-refractivity contribution in [3.8, 4) is 5.82 Å². The normalized spacial score (nSPS) is 11.1. The molecule has 5 nitrogen and oxygen atoms in total. The number of pyridine rings is 2. The van der Waals surface area contributed by atoms with Gasteiger partial charge in [-0.05, 0) is 19.4 Å². The third-order valence-corrected chi connectivity index (χ3v) is 4.51. The number of fused-ring (bicyclic) bond motifs is 1. The number of aryl methyl sites for hydroxylation is 1. The van der Waals surface area contributed by atoms with Gasteiger partial charge in [0.2, 0.25) is 5.43 Å². The molecule has 0 saturated heterocycles. The van der Waals surface area contributed by atoms with Crippen LogP contribution in [-0.4, -0.2) is 22.1 Å². The van der Waals surface area contributed by atoms with E-state index < -0.39 is 62.0 Å². The summed E-state index contributed by atoms with van der Waals surface area (Å²) in [5.41, 5.74) is -2.12. The van der Waals surface area contributed by atoms with Gasteiger partial charge in [0, 0.05) is 12.3 Å². The van der Waals surface area contributed by atoms with Crippen LogP contribution in [0.4, 0.5) is 17.6 Å². The van der Waals surface area contributed by atoms with Crippen LogP contribution in [0.5, 0.6) is 0 Å². The quantitative estimate of drug-likeness (QED) is 0.352. The molecule has 0 fully saturated rings. The van der Waals surface area contributed by atoms with Crippen LogP contribution in [0.25, 0.3) is 16.7 Å². The van der Waals surface area contributed by atoms with E-state index in [9.17, 15) is 27.2 Å². The first-order valence-electron chi connectivity index (χ1n) is 8.46. The van der Waals surface area contributed by atoms with Gasteiger partial charge >= 0.3 is 5.97 Å². The van der Waals surface area contributed by atoms with E-state index in [0.717, 1.165) is 10.8 Å². The lowest BCUT2D eigenvalue weighted by Crippen LogP contribution is -2.22. The number of ether oxygens (including phenoxy) is 1. The number of rotatable bonds is 4. The maximum atomic E-state index is 14.5. The summed E-state index contributed by atoms with van der Waals surface area (Å²) in [5, 5.41) is -1.32. The number of nitrogens with zero attached hydrogens (tertiary/aromatic N) is 2. The van der Waals surface area contributed by atoms with Crippen LogP contribution in [0.15, 0.2) is 23.1 Å². The smallest absolute Gasteiger partial charge is 0.343 e. The molecule has 0 atom stereocenters. The summed E-state index contributed by atoms with van der Waals surface area (Å²) in [6.07, 6.45) is 0.952. The molecule has 29 heavy (non-hydrogen) atoms. The lowest BCUT2D eigenvalue weighted by Gasteiger charge is -2.16. The van der Waals surface area contributed by atoms with Crippen LogP contribution in [0, 0.1) is 23.3 Å². The molecule has 3 aromatic rings. The molecule has 2 aromatic heterocycles. The Balaban J connectivity index is 2.52. The maximum Gasteiger partial charge on any atom is 0.343 e. The molecule has 1 aromatic carbocycles. The van der Waals surface area contributed by atoms with Crippen LogP contribution in [0.2, 0.25) is 5.02 Å². The van der Waals surface area contributed by atoms with Crippen molar-refractivity contribution in [1.29, 1.82) is 0 Å². The van der Waals surface area contributed by atoms with Gasteiger partial charge in [0.1, 0.15) is 16.4 Å². The van der Waals surface area contributed by atoms with Crippen LogP contribution < -0.4 is 5.43 Å². The third kappa shape index (κ3) is 3.46. The van der Waals surface area contributed by atoms with E-state index in [2.05, 4.69) is 4.98 Å². The van der Waals surface area contributed by atoms with Gasteiger partial charge in [-0.25, -0.2) is 27.3 Å². The number of carbonyl (C=O) groups is 1. The highest BCUT2D eigenvalue weighted by atomic mass is 35.5. The van der Waals surface area contributed by atoms with Gasteiger partial charge in [-0.1, -0.05) is 18.5 Å². The first-order valence-corrected chi connectivity index (χ1v) is 8.84. The van der Waals surface area contributed by atoms with E-state index in [1.807, 2.05) is 0 Å². The molecule has 3 rings (SSSR count). The summed E-state index contributed by atoms with van der Waals surface area (Å²) in [6, 6.07) is 1.10. The van der Waals surface area contributed by atoms with Crippen LogP contribution >= 0.6 is 11.6 Å². The highest BCUT2D eigenvalue weighted by molar-refractivity contribution is 6.35. The molecular formula is C19H13ClF4N2O3. The summed E-state index contributed by atoms with van der Waals surface area (Å²) >= 11 is 5.89. The van der Waals surface area contributed by atoms with Crippen molar-refractivity contribution in [2.24, 2.45) is 0 Å². The molecular weight excluding hydrogens is 416 g/mol. The van der Waals surface area contributed by atoms with Gasteiger partial charge in [-0.15, -0.1) is 0 Å². The van der Waals surface area contributed by atoms with Crippen LogP contribution in [0.1, 0.15) is 29.9 Å². The Labute approximate surface area is 166 Å². The lowest BCUT2D eigenvalue weighted by atomic mass is 10.1. The fourth-order valence-electron chi connectivity index (χ4n) is 2.82. The van der Waals surface area contributed by atoms with Gasteiger partial charge in [0.05, 0.1) is 23.2 Å². The van der Waals surface area contributed by atoms with Crippen LogP contribution in [0.3, 0.4) is 0 Å². The van der Waals surface area contributed by atoms with Crippen molar-refractivity contribution in [2.75, 3.05) is 6.61 Å². The molecule has 0 bridgehead atoms. The maximum absolute atomic E-state index is 14.5. The minimum absolute atomic E-state index is 0.0714. The van der Waals surface area contributed by atoms with Gasteiger partial charge in [-0.3, -0.25) is 9.36 Å². The van der Waals surface area contributed by atoms with Gasteiger partial charge in [0.15, 0.2) is 23.3 Å². The van der Waals surface area contributed by atoms with Crippen molar-refractivity contribution < 1.29 is 27.1 Å². The first-order chi connectivity index (χ1) is 13.7. The van der Waals surface area contributed by atoms with E-state index in [4.69, 9.17) is 16.3 Å². The second-order valence-corrected chi connectivity index (χ2v) is 6.30. The SMILES string of the molecule is CCOC(=O)c1cn(-c2nc(CC)c(F)cc2F)c2c(Cl)c(F)c(F)cc2c1=O. The molecule has 152 valence electrons. The standard InChI is InChI=1S/C19H13ClF4N2O3/c1-3-13-10(21)6-12(23)18(25-13)26-7-9(19(28)29-4-2)17(27)8-5-11(22)15(24)14(20)16(8)26/h5-7H,3-4H2,1-2H3. The minimum atomic E-state index is -1.48. The number of benzene rings is 1. The average Bonchev–Trinajstić information content (AvgIpc) is 2.67. The van der Waals surface area contributed by atoms with E-state index in [-0.39, 0.29) is 18.7 Å². The summed E-state index contributed by atoms with van der Waals surface area (Å²) in [6.45, 7) is 3.00. The molecule has 0 amide bonds. The number of esters is 1. The Hall–Kier alpha value is -2.94. The molecule has 0 aliphatic heterocycles. The average molecular weight is 429 g/mol. The Morgan fingerprint density at radius 1 is 1.14 bits per heavy atom. The fraction of sp³-hybridized carbons (Fsp3) is 0.211. The molecule has 0 unspecified atom stereocenters. The molecule has 0 aliphatic rings. The monoisotopic (exact) mass is 428 g/mol. The van der Waals surface area contributed by atoms with Gasteiger partial charge in [-0.2, -0.15) is 0 Å². The summed E-state index contributed by atoms with van der Waals surface area (Å²) in [4.78, 5) is 28.7. The highest BCUT2D eigenvalue weighted by Crippen LogP contribution is 2.30. The zero-order valence-electron chi connectivity index (χ0n) is 15.2. The number of halogens is 5. The molecule has 0 spiro atoms. The summed E-state index contributed by atoms with van der Waals surface area (Å²) < 4.78 is 62.0. The van der Waals surface area contributed by atoms with E-state index >= 15 is 0 Å². The molecule has 10 heteroatoms. The van der Waals surface area contributed by atoms with Crippen molar-refractivity contribution in [3.05, 3.63) is 68.1 Å². The molecule has 0 radical (unpaired) electrons. The zero-order valence-corrected chi connectivity index (χ0v) is 15.9. The predicted octanol–water partition coefficient (Wildman–Crippen LogP) is 4.33. The van der Waals surface area contributed by atoms with E-state index in [0.29, 0.717) is 12.1 Å². The first kappa shape index (κ1) is 20.8. The van der Waals surface area contributed by atoms with Gasteiger partial charge < -0.3 is 4.74 Å². The molecule has 0 N–H and O–H groups in total. The third-order valence-electron chi connectivity index (χ3n) is 4.17. The number of hydrogen-bond donors (Lipinski definition) is 0. The van der Waals surface area contributed by atoms with Crippen molar-refractivity contribution in [3.63, 3.8) is 0 Å². The van der Waals surface area contributed by atoms with E-state index in [1.165, 1.54) is 6.92 Å². The Morgan fingerprint density at radius 2 is 1.83 bits per heavy atom. The second-order valence-electron chi connectivity index (χ2n) is 5.92. The Kier molecular flexibility index (Phi) is 5.61. The summed E-state index contributed by atoms with van der Waals surface area (Å²) in [7, 11) is 0. The molecule has 0 aliphatic carbocycles. The number of carbonyl (C=O) groups excluding carboxylic acids is 1. The lowest BCUT2D eigenvalue weighted by molar-refractivity contribution is 0.0524. The predicted molar refractivity (Wildman–Crippen MR) is 97.5 cm³/mol. The van der Waals surface area contributed by atoms with Crippen molar-refractivity contribution in [2.45, 2.75) is 20.3 Å². The molecule has 2 heterocycles. The van der Waals surface area contributed by atoms with E-state index in [1.54, 1.807) is 6.92 Å². The highest BCUT2D eigenvalue weighted by Gasteiger charge is 2.24.